The average molecular weight is 304 g/mol. The van der Waals surface area contributed by atoms with Crippen molar-refractivity contribution in [1.29, 1.82) is 0 Å². The molecule has 0 aromatic heterocycles. The minimum Gasteiger partial charge on any atom is -0.508 e. The molecule has 21 heavy (non-hydrogen) atoms. The molecule has 112 valence electrons. The molecule has 0 unspecified atom stereocenters. The molecule has 0 atom stereocenters. The summed E-state index contributed by atoms with van der Waals surface area (Å²) < 4.78 is 25.7. The van der Waals surface area contributed by atoms with Crippen molar-refractivity contribution in [3.63, 3.8) is 0 Å². The molecule has 0 radical (unpaired) electrons. The van der Waals surface area contributed by atoms with E-state index in [1.54, 1.807) is 6.92 Å². The van der Waals surface area contributed by atoms with Crippen LogP contribution in [0.1, 0.15) is 29.2 Å². The zero-order chi connectivity index (χ0) is 15.8. The molecule has 0 saturated carbocycles. The van der Waals surface area contributed by atoms with Gasteiger partial charge in [-0.15, -0.1) is 0 Å². The number of hydrogen-bond donors (Lipinski definition) is 1. The second-order valence-electron chi connectivity index (χ2n) is 5.36. The summed E-state index contributed by atoms with van der Waals surface area (Å²) >= 11 is 0. The number of sulfone groups is 1. The molecule has 0 saturated heterocycles. The molecule has 0 amide bonds. The molecule has 2 rings (SSSR count). The van der Waals surface area contributed by atoms with Gasteiger partial charge in [0, 0.05) is 0 Å². The van der Waals surface area contributed by atoms with E-state index in [1.165, 1.54) is 18.2 Å². The Kier molecular flexibility index (Phi) is 4.10. The molecule has 0 fully saturated rings. The minimum absolute atomic E-state index is 0.101. The lowest BCUT2D eigenvalue weighted by Gasteiger charge is -2.13. The van der Waals surface area contributed by atoms with Crippen molar-refractivity contribution in [2.45, 2.75) is 43.9 Å². The molecule has 4 heteroatoms. The van der Waals surface area contributed by atoms with E-state index in [0.29, 0.717) is 10.5 Å². The summed E-state index contributed by atoms with van der Waals surface area (Å²) in [5.74, 6) is 0.101. The highest BCUT2D eigenvalue weighted by Gasteiger charge is 2.23. The van der Waals surface area contributed by atoms with Gasteiger partial charge in [-0.25, -0.2) is 8.42 Å². The number of benzene rings is 2. The summed E-state index contributed by atoms with van der Waals surface area (Å²) in [7, 11) is -3.58. The van der Waals surface area contributed by atoms with Crippen LogP contribution in [0.15, 0.2) is 40.1 Å². The van der Waals surface area contributed by atoms with Crippen LogP contribution in [0.25, 0.3) is 0 Å². The maximum absolute atomic E-state index is 12.9. The maximum atomic E-state index is 12.9. The van der Waals surface area contributed by atoms with Crippen LogP contribution in [0, 0.1) is 20.8 Å². The van der Waals surface area contributed by atoms with Crippen LogP contribution in [0.3, 0.4) is 0 Å². The highest BCUT2D eigenvalue weighted by Crippen LogP contribution is 2.30. The Bertz CT molecular complexity index is 767. The van der Waals surface area contributed by atoms with E-state index in [0.717, 1.165) is 23.1 Å². The maximum Gasteiger partial charge on any atom is 0.207 e. The van der Waals surface area contributed by atoms with Gasteiger partial charge in [-0.2, -0.15) is 0 Å². The molecule has 2 aromatic rings. The quantitative estimate of drug-likeness (QED) is 0.940. The second-order valence-corrected chi connectivity index (χ2v) is 7.25. The van der Waals surface area contributed by atoms with Crippen LogP contribution in [-0.2, 0) is 16.3 Å². The number of phenolic OH excluding ortho intramolecular Hbond substituents is 1. The van der Waals surface area contributed by atoms with E-state index in [1.807, 2.05) is 32.9 Å². The van der Waals surface area contributed by atoms with Gasteiger partial charge in [-0.1, -0.05) is 19.1 Å². The Morgan fingerprint density at radius 3 is 2.00 bits per heavy atom. The van der Waals surface area contributed by atoms with Gasteiger partial charge in [0.1, 0.15) is 5.75 Å². The van der Waals surface area contributed by atoms with Crippen molar-refractivity contribution in [2.75, 3.05) is 0 Å². The van der Waals surface area contributed by atoms with Crippen molar-refractivity contribution in [3.05, 3.63) is 52.6 Å². The molecule has 3 nitrogen and oxygen atoms in total. The van der Waals surface area contributed by atoms with E-state index >= 15 is 0 Å². The third-order valence-electron chi connectivity index (χ3n) is 3.68. The van der Waals surface area contributed by atoms with Gasteiger partial charge in [-0.3, -0.25) is 0 Å². The third kappa shape index (κ3) is 2.81. The van der Waals surface area contributed by atoms with Gasteiger partial charge < -0.3 is 5.11 Å². The van der Waals surface area contributed by atoms with Crippen LogP contribution < -0.4 is 0 Å². The van der Waals surface area contributed by atoms with Crippen molar-refractivity contribution in [3.8, 4) is 5.75 Å². The number of aromatic hydroxyl groups is 1. The summed E-state index contributed by atoms with van der Waals surface area (Å²) in [5, 5.41) is 9.56. The van der Waals surface area contributed by atoms with E-state index in [-0.39, 0.29) is 10.6 Å². The van der Waals surface area contributed by atoms with Crippen molar-refractivity contribution < 1.29 is 13.5 Å². The fraction of sp³-hybridized carbons (Fsp3) is 0.294. The largest absolute Gasteiger partial charge is 0.508 e. The summed E-state index contributed by atoms with van der Waals surface area (Å²) in [6.45, 7) is 7.39. The van der Waals surface area contributed by atoms with Crippen LogP contribution in [0.4, 0.5) is 0 Å². The van der Waals surface area contributed by atoms with Gasteiger partial charge in [-0.05, 0) is 67.6 Å². The number of hydrogen-bond acceptors (Lipinski definition) is 3. The van der Waals surface area contributed by atoms with Crippen molar-refractivity contribution >= 4 is 9.84 Å². The Morgan fingerprint density at radius 1 is 0.952 bits per heavy atom. The molecule has 0 aliphatic heterocycles. The lowest BCUT2D eigenvalue weighted by molar-refractivity contribution is 0.470. The minimum atomic E-state index is -3.58. The smallest absolute Gasteiger partial charge is 0.207 e. The summed E-state index contributed by atoms with van der Waals surface area (Å²) in [4.78, 5) is 0.582. The summed E-state index contributed by atoms with van der Waals surface area (Å²) in [5.41, 5.74) is 3.21. The molecule has 1 N–H and O–H groups in total. The monoisotopic (exact) mass is 304 g/mol. The highest BCUT2D eigenvalue weighted by atomic mass is 32.2. The van der Waals surface area contributed by atoms with Crippen molar-refractivity contribution in [2.24, 2.45) is 0 Å². The Morgan fingerprint density at radius 2 is 1.52 bits per heavy atom. The van der Waals surface area contributed by atoms with Gasteiger partial charge in [0.05, 0.1) is 9.79 Å². The highest BCUT2D eigenvalue weighted by molar-refractivity contribution is 7.91. The Balaban J connectivity index is 2.67. The van der Waals surface area contributed by atoms with E-state index in [4.69, 9.17) is 0 Å². The standard InChI is InChI=1S/C17H20O3S/c1-5-14-8-12(3)17(13(4)9-14)21(19,20)15-6-7-16(18)11(2)10-15/h6-10,18H,5H2,1-4H3. The van der Waals surface area contributed by atoms with Crippen LogP contribution >= 0.6 is 0 Å². The molecule has 0 bridgehead atoms. The van der Waals surface area contributed by atoms with Crippen molar-refractivity contribution in [1.82, 2.24) is 0 Å². The first-order valence-electron chi connectivity index (χ1n) is 6.92. The summed E-state index contributed by atoms with van der Waals surface area (Å²) in [6.07, 6.45) is 0.875. The molecule has 0 aliphatic carbocycles. The first kappa shape index (κ1) is 15.6. The number of aryl methyl sites for hydroxylation is 4. The topological polar surface area (TPSA) is 54.4 Å². The molecule has 0 aliphatic rings. The Labute approximate surface area is 126 Å². The van der Waals surface area contributed by atoms with Crippen LogP contribution in [0.5, 0.6) is 5.75 Å². The van der Waals surface area contributed by atoms with Crippen LogP contribution in [0.2, 0.25) is 0 Å². The summed E-state index contributed by atoms with van der Waals surface area (Å²) in [6, 6.07) is 8.23. The fourth-order valence-corrected chi connectivity index (χ4v) is 4.36. The fourth-order valence-electron chi connectivity index (χ4n) is 2.58. The zero-order valence-electron chi connectivity index (χ0n) is 12.8. The van der Waals surface area contributed by atoms with Gasteiger partial charge in [0.15, 0.2) is 0 Å². The predicted octanol–water partition coefficient (Wildman–Crippen LogP) is 3.71. The third-order valence-corrected chi connectivity index (χ3v) is 5.73. The van der Waals surface area contributed by atoms with Crippen LogP contribution in [-0.4, -0.2) is 13.5 Å². The lowest BCUT2D eigenvalue weighted by atomic mass is 10.1. The average Bonchev–Trinajstić information content (AvgIpc) is 2.40. The molecular weight excluding hydrogens is 284 g/mol. The normalized spacial score (nSPS) is 11.6. The first-order valence-corrected chi connectivity index (χ1v) is 8.40. The second kappa shape index (κ2) is 5.53. The predicted molar refractivity (Wildman–Crippen MR) is 83.6 cm³/mol. The van der Waals surface area contributed by atoms with Gasteiger partial charge in [0.2, 0.25) is 9.84 Å². The number of phenols is 1. The van der Waals surface area contributed by atoms with Gasteiger partial charge in [0.25, 0.3) is 0 Å². The zero-order valence-corrected chi connectivity index (χ0v) is 13.6. The van der Waals surface area contributed by atoms with Gasteiger partial charge >= 0.3 is 0 Å². The molecule has 2 aromatic carbocycles. The molecule has 0 heterocycles. The SMILES string of the molecule is CCc1cc(C)c(S(=O)(=O)c2ccc(O)c(C)c2)c(C)c1. The molecule has 0 spiro atoms. The number of rotatable bonds is 3. The first-order chi connectivity index (χ1) is 9.77. The van der Waals surface area contributed by atoms with E-state index in [2.05, 4.69) is 0 Å². The lowest BCUT2D eigenvalue weighted by Crippen LogP contribution is -2.07. The van der Waals surface area contributed by atoms with E-state index < -0.39 is 9.84 Å². The van der Waals surface area contributed by atoms with E-state index in [9.17, 15) is 13.5 Å². The Hall–Kier alpha value is -1.81. The molecular formula is C17H20O3S.